The Balaban J connectivity index is 1.46. The van der Waals surface area contributed by atoms with Crippen LogP contribution in [0.2, 0.25) is 0 Å². The van der Waals surface area contributed by atoms with Crippen molar-refractivity contribution < 1.29 is 9.59 Å². The molecule has 1 aliphatic rings. The van der Waals surface area contributed by atoms with E-state index in [1.54, 1.807) is 23.4 Å². The van der Waals surface area contributed by atoms with Gasteiger partial charge in [0.25, 0.3) is 5.91 Å². The molecule has 1 atom stereocenters. The fraction of sp³-hybridized carbons (Fsp3) is 0.400. The minimum atomic E-state index is -0.166. The number of likely N-dealkylation sites (tertiary alicyclic amines) is 1. The Morgan fingerprint density at radius 3 is 2.63 bits per heavy atom. The first-order valence-electron chi connectivity index (χ1n) is 9.28. The number of carbonyl (C=O) groups excluding carboxylic acids is 2. The van der Waals surface area contributed by atoms with E-state index in [1.165, 1.54) is 0 Å². The van der Waals surface area contributed by atoms with Crippen LogP contribution in [0, 0.1) is 12.8 Å². The smallest absolute Gasteiger partial charge is 0.253 e. The Bertz CT molecular complexity index is 764. The van der Waals surface area contributed by atoms with Crippen LogP contribution in [0.1, 0.15) is 28.8 Å². The lowest BCUT2D eigenvalue weighted by Crippen LogP contribution is -2.46. The Morgan fingerprint density at radius 2 is 1.89 bits per heavy atom. The number of amides is 2. The van der Waals surface area contributed by atoms with Crippen LogP contribution in [-0.4, -0.2) is 52.9 Å². The van der Waals surface area contributed by atoms with Crippen LogP contribution < -0.4 is 10.6 Å². The van der Waals surface area contributed by atoms with Gasteiger partial charge in [-0.25, -0.2) is 9.97 Å². The predicted molar refractivity (Wildman–Crippen MR) is 103 cm³/mol. The number of anilines is 1. The summed E-state index contributed by atoms with van der Waals surface area (Å²) in [6, 6.07) is 9.31. The van der Waals surface area contributed by atoms with Crippen molar-refractivity contribution in [3.05, 3.63) is 53.9 Å². The summed E-state index contributed by atoms with van der Waals surface area (Å²) in [4.78, 5) is 35.0. The number of aryl methyl sites for hydroxylation is 1. The van der Waals surface area contributed by atoms with E-state index in [9.17, 15) is 9.59 Å². The third-order valence-electron chi connectivity index (χ3n) is 4.65. The fourth-order valence-corrected chi connectivity index (χ4v) is 3.15. The summed E-state index contributed by atoms with van der Waals surface area (Å²) < 4.78 is 0. The number of carbonyl (C=O) groups is 2. The molecular formula is C20H25N5O2. The largest absolute Gasteiger partial charge is 0.354 e. The molecule has 3 rings (SSSR count). The summed E-state index contributed by atoms with van der Waals surface area (Å²) in [7, 11) is 0. The van der Waals surface area contributed by atoms with Gasteiger partial charge < -0.3 is 15.5 Å². The zero-order valence-corrected chi connectivity index (χ0v) is 15.5. The molecule has 1 unspecified atom stereocenters. The van der Waals surface area contributed by atoms with E-state index < -0.39 is 0 Å². The van der Waals surface area contributed by atoms with Crippen molar-refractivity contribution in [1.29, 1.82) is 0 Å². The lowest BCUT2D eigenvalue weighted by molar-refractivity contribution is -0.126. The molecule has 27 heavy (non-hydrogen) atoms. The van der Waals surface area contributed by atoms with Crippen molar-refractivity contribution >= 4 is 17.8 Å². The first-order valence-corrected chi connectivity index (χ1v) is 9.28. The van der Waals surface area contributed by atoms with Crippen molar-refractivity contribution in [2.45, 2.75) is 19.8 Å². The van der Waals surface area contributed by atoms with Crippen LogP contribution in [0.15, 0.2) is 42.7 Å². The summed E-state index contributed by atoms with van der Waals surface area (Å²) >= 11 is 0. The molecule has 0 saturated carbocycles. The molecule has 7 nitrogen and oxygen atoms in total. The highest BCUT2D eigenvalue weighted by Crippen LogP contribution is 2.19. The third-order valence-corrected chi connectivity index (χ3v) is 4.65. The van der Waals surface area contributed by atoms with Crippen LogP contribution in [0.5, 0.6) is 0 Å². The summed E-state index contributed by atoms with van der Waals surface area (Å²) in [6.45, 7) is 4.19. The maximum Gasteiger partial charge on any atom is 0.253 e. The van der Waals surface area contributed by atoms with Gasteiger partial charge in [0, 0.05) is 44.1 Å². The van der Waals surface area contributed by atoms with Gasteiger partial charge in [0.15, 0.2) is 0 Å². The standard InChI is InChI=1S/C20H25N5O2/c1-15-5-7-16(8-6-15)19(27)25-13-2-4-17(14-25)18(26)21-11-12-24-20-22-9-3-10-23-20/h3,5-10,17H,2,4,11-14H2,1H3,(H,21,26)(H,22,23,24). The van der Waals surface area contributed by atoms with Crippen LogP contribution in [0.25, 0.3) is 0 Å². The highest BCUT2D eigenvalue weighted by Gasteiger charge is 2.28. The van der Waals surface area contributed by atoms with Crippen molar-refractivity contribution in [2.75, 3.05) is 31.5 Å². The predicted octanol–water partition coefficient (Wildman–Crippen LogP) is 1.87. The van der Waals surface area contributed by atoms with E-state index in [2.05, 4.69) is 20.6 Å². The zero-order valence-electron chi connectivity index (χ0n) is 15.5. The number of benzene rings is 1. The molecule has 2 heterocycles. The van der Waals surface area contributed by atoms with Crippen molar-refractivity contribution in [3.63, 3.8) is 0 Å². The highest BCUT2D eigenvalue weighted by molar-refractivity contribution is 5.94. The molecule has 1 aromatic heterocycles. The van der Waals surface area contributed by atoms with Gasteiger partial charge in [0.05, 0.1) is 5.92 Å². The average Bonchev–Trinajstić information content (AvgIpc) is 2.72. The minimum absolute atomic E-state index is 0.00427. The topological polar surface area (TPSA) is 87.2 Å². The Labute approximate surface area is 159 Å². The van der Waals surface area contributed by atoms with Gasteiger partial charge in [0.2, 0.25) is 11.9 Å². The van der Waals surface area contributed by atoms with E-state index in [-0.39, 0.29) is 17.7 Å². The highest BCUT2D eigenvalue weighted by atomic mass is 16.2. The zero-order chi connectivity index (χ0) is 19.1. The Hall–Kier alpha value is -2.96. The monoisotopic (exact) mass is 367 g/mol. The SMILES string of the molecule is Cc1ccc(C(=O)N2CCCC(C(=O)NCCNc3ncccn3)C2)cc1. The molecule has 142 valence electrons. The summed E-state index contributed by atoms with van der Waals surface area (Å²) in [5, 5.41) is 5.99. The average molecular weight is 367 g/mol. The van der Waals surface area contributed by atoms with E-state index in [0.717, 1.165) is 18.4 Å². The van der Waals surface area contributed by atoms with Gasteiger partial charge in [-0.3, -0.25) is 9.59 Å². The Kier molecular flexibility index (Phi) is 6.35. The second-order valence-corrected chi connectivity index (χ2v) is 6.75. The van der Waals surface area contributed by atoms with Gasteiger partial charge >= 0.3 is 0 Å². The third kappa shape index (κ3) is 5.26. The van der Waals surface area contributed by atoms with Gasteiger partial charge in [-0.15, -0.1) is 0 Å². The summed E-state index contributed by atoms with van der Waals surface area (Å²) in [5.74, 6) is 0.364. The molecular weight excluding hydrogens is 342 g/mol. The first-order chi connectivity index (χ1) is 13.1. The first kappa shape index (κ1) is 18.8. The lowest BCUT2D eigenvalue weighted by Gasteiger charge is -2.32. The number of hydrogen-bond acceptors (Lipinski definition) is 5. The van der Waals surface area contributed by atoms with Crippen LogP contribution in [0.3, 0.4) is 0 Å². The van der Waals surface area contributed by atoms with Crippen molar-refractivity contribution in [3.8, 4) is 0 Å². The van der Waals surface area contributed by atoms with E-state index in [4.69, 9.17) is 0 Å². The molecule has 1 saturated heterocycles. The molecule has 0 spiro atoms. The molecule has 0 bridgehead atoms. The molecule has 1 aromatic carbocycles. The molecule has 1 aliphatic heterocycles. The van der Waals surface area contributed by atoms with Crippen molar-refractivity contribution in [2.24, 2.45) is 5.92 Å². The van der Waals surface area contributed by atoms with E-state index in [0.29, 0.717) is 37.7 Å². The van der Waals surface area contributed by atoms with Crippen LogP contribution in [0.4, 0.5) is 5.95 Å². The maximum absolute atomic E-state index is 12.7. The maximum atomic E-state index is 12.7. The number of nitrogens with one attached hydrogen (secondary N) is 2. The summed E-state index contributed by atoms with van der Waals surface area (Å²) in [6.07, 6.45) is 4.97. The summed E-state index contributed by atoms with van der Waals surface area (Å²) in [5.41, 5.74) is 1.80. The molecule has 7 heteroatoms. The number of nitrogens with zero attached hydrogens (tertiary/aromatic N) is 3. The normalized spacial score (nSPS) is 16.6. The molecule has 2 aromatic rings. The van der Waals surface area contributed by atoms with Gasteiger partial charge in [-0.1, -0.05) is 17.7 Å². The molecule has 1 fully saturated rings. The molecule has 2 N–H and O–H groups in total. The lowest BCUT2D eigenvalue weighted by atomic mass is 9.96. The number of piperidine rings is 1. The fourth-order valence-electron chi connectivity index (χ4n) is 3.15. The van der Waals surface area contributed by atoms with Gasteiger partial charge in [-0.05, 0) is 38.0 Å². The molecule has 2 amide bonds. The second kappa shape index (κ2) is 9.12. The van der Waals surface area contributed by atoms with Gasteiger partial charge in [-0.2, -0.15) is 0 Å². The number of aromatic nitrogens is 2. The van der Waals surface area contributed by atoms with Crippen LogP contribution >= 0.6 is 0 Å². The molecule has 0 radical (unpaired) electrons. The van der Waals surface area contributed by atoms with Gasteiger partial charge in [0.1, 0.15) is 0 Å². The second-order valence-electron chi connectivity index (χ2n) is 6.75. The number of rotatable bonds is 6. The number of hydrogen-bond donors (Lipinski definition) is 2. The molecule has 0 aliphatic carbocycles. The van der Waals surface area contributed by atoms with Crippen LogP contribution in [-0.2, 0) is 4.79 Å². The van der Waals surface area contributed by atoms with Crippen molar-refractivity contribution in [1.82, 2.24) is 20.2 Å². The van der Waals surface area contributed by atoms with E-state index >= 15 is 0 Å². The minimum Gasteiger partial charge on any atom is -0.354 e. The van der Waals surface area contributed by atoms with E-state index in [1.807, 2.05) is 31.2 Å². The quantitative estimate of drug-likeness (QED) is 0.761. The Morgan fingerprint density at radius 1 is 1.15 bits per heavy atom.